The maximum atomic E-state index is 12.4. The summed E-state index contributed by atoms with van der Waals surface area (Å²) in [4.78, 5) is 26.5. The van der Waals surface area contributed by atoms with E-state index >= 15 is 0 Å². The van der Waals surface area contributed by atoms with Crippen molar-refractivity contribution in [2.24, 2.45) is 0 Å². The lowest BCUT2D eigenvalue weighted by molar-refractivity contribution is -0.139. The van der Waals surface area contributed by atoms with E-state index in [1.807, 2.05) is 40.7 Å². The number of aromatic nitrogens is 1. The Morgan fingerprint density at radius 2 is 1.97 bits per heavy atom. The molecule has 2 aliphatic rings. The van der Waals surface area contributed by atoms with E-state index in [2.05, 4.69) is 15.9 Å². The lowest BCUT2D eigenvalue weighted by atomic mass is 10.1. The average Bonchev–Trinajstić information content (AvgIpc) is 3.47. The van der Waals surface area contributed by atoms with Gasteiger partial charge in [0.25, 0.3) is 5.56 Å². The maximum absolute atomic E-state index is 12.4. The van der Waals surface area contributed by atoms with Crippen molar-refractivity contribution in [1.29, 1.82) is 0 Å². The topological polar surface area (TPSA) is 60.8 Å². The molecule has 2 heterocycles. The van der Waals surface area contributed by atoms with Crippen LogP contribution in [0.1, 0.15) is 36.6 Å². The Labute approximate surface area is 178 Å². The number of methoxy groups -OCH3 is 1. The summed E-state index contributed by atoms with van der Waals surface area (Å²) in [5.41, 5.74) is 2.03. The van der Waals surface area contributed by atoms with Crippen LogP contribution in [-0.4, -0.2) is 41.7 Å². The van der Waals surface area contributed by atoms with Crippen molar-refractivity contribution in [3.8, 4) is 11.5 Å². The lowest BCUT2D eigenvalue weighted by Crippen LogP contribution is -2.56. The molecule has 1 aliphatic heterocycles. The first-order valence-electron chi connectivity index (χ1n) is 9.94. The van der Waals surface area contributed by atoms with Gasteiger partial charge in [-0.05, 0) is 65.9 Å². The first-order chi connectivity index (χ1) is 13.9. The summed E-state index contributed by atoms with van der Waals surface area (Å²) in [6.07, 6.45) is 3.25. The van der Waals surface area contributed by atoms with Crippen LogP contribution in [0.15, 0.2) is 39.6 Å². The van der Waals surface area contributed by atoms with E-state index in [0.717, 1.165) is 34.3 Å². The summed E-state index contributed by atoms with van der Waals surface area (Å²) in [5, 5.41) is 0. The SMILES string of the molecule is COc1ccc(CCC(=O)N2CC(Oc3cc(C)n(C4CC4)c(=O)c3)C2)cc1Br. The molecule has 6 nitrogen and oxygen atoms in total. The molecule has 0 unspecified atom stereocenters. The monoisotopic (exact) mass is 460 g/mol. The van der Waals surface area contributed by atoms with Gasteiger partial charge in [-0.1, -0.05) is 6.07 Å². The summed E-state index contributed by atoms with van der Waals surface area (Å²) in [5.74, 6) is 1.50. The van der Waals surface area contributed by atoms with Gasteiger partial charge in [0.2, 0.25) is 5.91 Å². The predicted molar refractivity (Wildman–Crippen MR) is 114 cm³/mol. The van der Waals surface area contributed by atoms with Gasteiger partial charge in [-0.15, -0.1) is 0 Å². The smallest absolute Gasteiger partial charge is 0.254 e. The second-order valence-corrected chi connectivity index (χ2v) is 8.63. The van der Waals surface area contributed by atoms with Crippen LogP contribution in [0.4, 0.5) is 0 Å². The number of pyridine rings is 1. The highest BCUT2D eigenvalue weighted by Crippen LogP contribution is 2.35. The summed E-state index contributed by atoms with van der Waals surface area (Å²) < 4.78 is 13.9. The van der Waals surface area contributed by atoms with Crippen LogP contribution in [0.25, 0.3) is 0 Å². The first kappa shape index (κ1) is 20.0. The van der Waals surface area contributed by atoms with Crippen LogP contribution in [0.2, 0.25) is 0 Å². The number of amides is 1. The minimum Gasteiger partial charge on any atom is -0.496 e. The Morgan fingerprint density at radius 1 is 1.21 bits per heavy atom. The minimum atomic E-state index is -0.0512. The number of hydrogen-bond donors (Lipinski definition) is 0. The molecule has 1 aliphatic carbocycles. The highest BCUT2D eigenvalue weighted by Gasteiger charge is 2.32. The number of ether oxygens (including phenoxy) is 2. The van der Waals surface area contributed by atoms with Crippen LogP contribution in [-0.2, 0) is 11.2 Å². The lowest BCUT2D eigenvalue weighted by Gasteiger charge is -2.39. The molecule has 0 spiro atoms. The van der Waals surface area contributed by atoms with E-state index < -0.39 is 0 Å². The van der Waals surface area contributed by atoms with Crippen molar-refractivity contribution in [3.05, 3.63) is 56.4 Å². The third kappa shape index (κ3) is 4.50. The highest BCUT2D eigenvalue weighted by molar-refractivity contribution is 9.10. The van der Waals surface area contributed by atoms with Crippen molar-refractivity contribution in [2.45, 2.75) is 44.8 Å². The van der Waals surface area contributed by atoms with Gasteiger partial charge in [0.15, 0.2) is 0 Å². The van der Waals surface area contributed by atoms with Crippen LogP contribution in [0.3, 0.4) is 0 Å². The molecule has 1 amide bonds. The first-order valence-corrected chi connectivity index (χ1v) is 10.7. The molecule has 154 valence electrons. The second kappa shape index (κ2) is 8.22. The fourth-order valence-corrected chi connectivity index (χ4v) is 4.32. The van der Waals surface area contributed by atoms with Gasteiger partial charge in [0, 0.05) is 24.2 Å². The zero-order valence-electron chi connectivity index (χ0n) is 16.7. The summed E-state index contributed by atoms with van der Waals surface area (Å²) in [7, 11) is 1.63. The van der Waals surface area contributed by atoms with Gasteiger partial charge in [-0.2, -0.15) is 0 Å². The highest BCUT2D eigenvalue weighted by atomic mass is 79.9. The number of carbonyl (C=O) groups is 1. The van der Waals surface area contributed by atoms with Crippen LogP contribution in [0, 0.1) is 6.92 Å². The molecule has 0 bridgehead atoms. The van der Waals surface area contributed by atoms with E-state index in [1.54, 1.807) is 13.2 Å². The van der Waals surface area contributed by atoms with E-state index in [1.165, 1.54) is 0 Å². The molecule has 0 radical (unpaired) electrons. The van der Waals surface area contributed by atoms with Gasteiger partial charge >= 0.3 is 0 Å². The molecule has 1 aromatic heterocycles. The Morgan fingerprint density at radius 3 is 2.59 bits per heavy atom. The van der Waals surface area contributed by atoms with Crippen molar-refractivity contribution in [1.82, 2.24) is 9.47 Å². The number of benzene rings is 1. The quantitative estimate of drug-likeness (QED) is 0.634. The average molecular weight is 461 g/mol. The molecule has 29 heavy (non-hydrogen) atoms. The summed E-state index contributed by atoms with van der Waals surface area (Å²) in [6.45, 7) is 3.08. The van der Waals surface area contributed by atoms with Crippen LogP contribution >= 0.6 is 15.9 Å². The van der Waals surface area contributed by atoms with Gasteiger partial charge in [-0.25, -0.2) is 0 Å². The number of carbonyl (C=O) groups excluding carboxylic acids is 1. The van der Waals surface area contributed by atoms with Crippen molar-refractivity contribution >= 4 is 21.8 Å². The van der Waals surface area contributed by atoms with E-state index in [9.17, 15) is 9.59 Å². The molecule has 4 rings (SSSR count). The molecular weight excluding hydrogens is 436 g/mol. The summed E-state index contributed by atoms with van der Waals surface area (Å²) >= 11 is 3.47. The zero-order valence-corrected chi connectivity index (χ0v) is 18.3. The van der Waals surface area contributed by atoms with Crippen LogP contribution < -0.4 is 15.0 Å². The molecule has 1 saturated carbocycles. The van der Waals surface area contributed by atoms with Crippen molar-refractivity contribution in [3.63, 3.8) is 0 Å². The zero-order chi connectivity index (χ0) is 20.5. The normalized spacial score (nSPS) is 16.4. The maximum Gasteiger partial charge on any atom is 0.254 e. The van der Waals surface area contributed by atoms with Gasteiger partial charge < -0.3 is 18.9 Å². The van der Waals surface area contributed by atoms with Crippen LogP contribution in [0.5, 0.6) is 11.5 Å². The molecule has 1 saturated heterocycles. The standard InChI is InChI=1S/C22H25BrN2O4/c1-14-9-17(11-22(27)25(14)16-5-6-16)29-18-12-24(13-18)21(26)8-4-15-3-7-20(28-2)19(23)10-15/h3,7,9-11,16,18H,4-6,8,12-13H2,1-2H3. The molecule has 0 atom stereocenters. The number of nitrogens with zero attached hydrogens (tertiary/aromatic N) is 2. The van der Waals surface area contributed by atoms with Crippen molar-refractivity contribution < 1.29 is 14.3 Å². The Balaban J connectivity index is 1.26. The third-order valence-electron chi connectivity index (χ3n) is 5.49. The minimum absolute atomic E-state index is 0.000378. The number of halogens is 1. The second-order valence-electron chi connectivity index (χ2n) is 7.78. The molecular formula is C22H25BrN2O4. The third-order valence-corrected chi connectivity index (χ3v) is 6.11. The van der Waals surface area contributed by atoms with E-state index in [-0.39, 0.29) is 17.6 Å². The summed E-state index contributed by atoms with van der Waals surface area (Å²) in [6, 6.07) is 9.71. The number of hydrogen-bond acceptors (Lipinski definition) is 4. The Bertz CT molecular complexity index is 977. The molecule has 2 aromatic rings. The largest absolute Gasteiger partial charge is 0.496 e. The van der Waals surface area contributed by atoms with Gasteiger partial charge in [-0.3, -0.25) is 9.59 Å². The Hall–Kier alpha value is -2.28. The fourth-order valence-electron chi connectivity index (χ4n) is 3.73. The molecule has 0 N–H and O–H groups in total. The van der Waals surface area contributed by atoms with Crippen molar-refractivity contribution in [2.75, 3.05) is 20.2 Å². The number of aryl methyl sites for hydroxylation is 2. The Kier molecular flexibility index (Phi) is 5.67. The number of likely N-dealkylation sites (tertiary alicyclic amines) is 1. The van der Waals surface area contributed by atoms with E-state index in [4.69, 9.17) is 9.47 Å². The molecule has 7 heteroatoms. The van der Waals surface area contributed by atoms with E-state index in [0.29, 0.717) is 37.7 Å². The molecule has 2 fully saturated rings. The fraction of sp³-hybridized carbons (Fsp3) is 0.455. The van der Waals surface area contributed by atoms with Gasteiger partial charge in [0.1, 0.15) is 17.6 Å². The van der Waals surface area contributed by atoms with Gasteiger partial charge in [0.05, 0.1) is 24.7 Å². The molecule has 1 aromatic carbocycles. The predicted octanol–water partition coefficient (Wildman–Crippen LogP) is 3.49. The number of rotatable bonds is 7.